The fourth-order valence-electron chi connectivity index (χ4n) is 0.754. The van der Waals surface area contributed by atoms with Crippen LogP contribution in [0.1, 0.15) is 12.7 Å². The Balaban J connectivity index is 2.92. The number of carbonyl (C=O) groups is 2. The summed E-state index contributed by atoms with van der Waals surface area (Å²) in [4.78, 5) is 29.7. The van der Waals surface area contributed by atoms with Gasteiger partial charge in [0.15, 0.2) is 0 Å². The van der Waals surface area contributed by atoms with E-state index in [1.807, 2.05) is 0 Å². The Kier molecular flexibility index (Phi) is 4.33. The maximum absolute atomic E-state index is 11.0. The highest BCUT2D eigenvalue weighted by atomic mass is 32.1. The van der Waals surface area contributed by atoms with Gasteiger partial charge in [-0.3, -0.25) is 9.59 Å². The number of oxime groups is 1. The van der Waals surface area contributed by atoms with Gasteiger partial charge in [0.05, 0.1) is 0 Å². The van der Waals surface area contributed by atoms with Crippen molar-refractivity contribution in [3.8, 4) is 0 Å². The van der Waals surface area contributed by atoms with Crippen LogP contribution in [0.5, 0.6) is 0 Å². The quantitative estimate of drug-likeness (QED) is 0.390. The number of nitrogens with one attached hydrogen (secondary N) is 1. The smallest absolute Gasteiger partial charge is 0.274 e. The Morgan fingerprint density at radius 2 is 2.50 bits per heavy atom. The van der Waals surface area contributed by atoms with E-state index in [4.69, 9.17) is 10.6 Å². The van der Waals surface area contributed by atoms with E-state index in [1.165, 1.54) is 0 Å². The Morgan fingerprint density at radius 1 is 1.75 bits per heavy atom. The lowest BCUT2D eigenvalue weighted by molar-refractivity contribution is -0.112. The molecule has 0 atom stereocenters. The molecule has 1 aromatic heterocycles. The van der Waals surface area contributed by atoms with E-state index in [2.05, 4.69) is 19.8 Å². The van der Waals surface area contributed by atoms with Crippen LogP contribution in [0.2, 0.25) is 0 Å². The molecule has 0 radical (unpaired) electrons. The summed E-state index contributed by atoms with van der Waals surface area (Å²) in [7, 11) is 0. The lowest BCUT2D eigenvalue weighted by atomic mass is 10.3. The number of hydrogen-bond acceptors (Lipinski definition) is 7. The second-order valence-electron chi connectivity index (χ2n) is 2.41. The van der Waals surface area contributed by atoms with Crippen LogP contribution in [-0.4, -0.2) is 34.0 Å². The fourth-order valence-corrected chi connectivity index (χ4v) is 1.28. The van der Waals surface area contributed by atoms with Crippen molar-refractivity contribution in [3.63, 3.8) is 0 Å². The van der Waals surface area contributed by atoms with Gasteiger partial charge in [-0.1, -0.05) is 5.16 Å². The van der Waals surface area contributed by atoms with E-state index in [9.17, 15) is 9.59 Å². The van der Waals surface area contributed by atoms with E-state index < -0.39 is 5.91 Å². The van der Waals surface area contributed by atoms with E-state index in [-0.39, 0.29) is 16.7 Å². The first-order valence-electron chi connectivity index (χ1n) is 4.23. The number of amides is 2. The van der Waals surface area contributed by atoms with Gasteiger partial charge in [-0.15, -0.1) is 0 Å². The fraction of sp³-hybridized carbons (Fsp3) is 0.286. The van der Waals surface area contributed by atoms with Crippen molar-refractivity contribution in [2.24, 2.45) is 10.9 Å². The van der Waals surface area contributed by atoms with Gasteiger partial charge in [-0.2, -0.15) is 9.36 Å². The molecule has 0 aliphatic carbocycles. The molecule has 0 spiro atoms. The van der Waals surface area contributed by atoms with Crippen molar-refractivity contribution in [1.82, 2.24) is 9.36 Å². The molecule has 8 nitrogen and oxygen atoms in total. The van der Waals surface area contributed by atoms with Gasteiger partial charge in [-0.05, 0) is 6.92 Å². The number of primary amides is 1. The van der Waals surface area contributed by atoms with Gasteiger partial charge in [0.25, 0.3) is 5.91 Å². The first-order chi connectivity index (χ1) is 7.69. The minimum absolute atomic E-state index is 0.0234. The normalized spacial score (nSPS) is 10.9. The Labute approximate surface area is 94.7 Å². The second-order valence-corrected chi connectivity index (χ2v) is 3.16. The van der Waals surface area contributed by atoms with Gasteiger partial charge in [0.1, 0.15) is 6.61 Å². The zero-order valence-corrected chi connectivity index (χ0v) is 9.15. The zero-order valence-electron chi connectivity index (χ0n) is 8.34. The van der Waals surface area contributed by atoms with E-state index in [0.717, 1.165) is 11.5 Å². The Bertz CT molecular complexity index is 416. The van der Waals surface area contributed by atoms with Crippen molar-refractivity contribution in [2.45, 2.75) is 6.92 Å². The predicted molar refractivity (Wildman–Crippen MR) is 57.0 cm³/mol. The summed E-state index contributed by atoms with van der Waals surface area (Å²) in [6.07, 6.45) is 0.452. The lowest BCUT2D eigenvalue weighted by Gasteiger charge is -1.96. The number of carbonyl (C=O) groups excluding carboxylic acids is 2. The molecular weight excluding hydrogens is 234 g/mol. The van der Waals surface area contributed by atoms with Crippen LogP contribution >= 0.6 is 11.5 Å². The monoisotopic (exact) mass is 243 g/mol. The molecule has 0 fully saturated rings. The summed E-state index contributed by atoms with van der Waals surface area (Å²) in [6, 6.07) is 0. The average molecular weight is 243 g/mol. The molecule has 3 N–H and O–H groups in total. The molecule has 0 aromatic carbocycles. The van der Waals surface area contributed by atoms with Crippen molar-refractivity contribution in [2.75, 3.05) is 11.9 Å². The summed E-state index contributed by atoms with van der Waals surface area (Å²) in [5, 5.41) is 6.03. The molecule has 16 heavy (non-hydrogen) atoms. The lowest BCUT2D eigenvalue weighted by Crippen LogP contribution is -2.25. The zero-order chi connectivity index (χ0) is 12.0. The van der Waals surface area contributed by atoms with Crippen molar-refractivity contribution in [3.05, 3.63) is 5.82 Å². The highest BCUT2D eigenvalue weighted by Crippen LogP contribution is 2.10. The molecular formula is C7H9N5O3S. The summed E-state index contributed by atoms with van der Waals surface area (Å²) in [5.41, 5.74) is 4.89. The summed E-state index contributed by atoms with van der Waals surface area (Å²) < 4.78 is 3.81. The topological polar surface area (TPSA) is 120 Å². The second kappa shape index (κ2) is 5.75. The van der Waals surface area contributed by atoms with Crippen LogP contribution in [0.3, 0.4) is 0 Å². The largest absolute Gasteiger partial charge is 0.395 e. The number of rotatable bonds is 6. The number of aromatic nitrogens is 2. The minimum Gasteiger partial charge on any atom is -0.395 e. The van der Waals surface area contributed by atoms with Crippen LogP contribution in [0.4, 0.5) is 5.13 Å². The van der Waals surface area contributed by atoms with Gasteiger partial charge in [0.2, 0.25) is 23.1 Å². The molecule has 0 aliphatic heterocycles. The molecule has 9 heteroatoms. The van der Waals surface area contributed by atoms with Crippen molar-refractivity contribution < 1.29 is 14.4 Å². The molecule has 1 aromatic rings. The van der Waals surface area contributed by atoms with Crippen LogP contribution < -0.4 is 11.1 Å². The SMILES string of the molecule is CCO/N=C(\C(N)=O)c1nsc(NC=O)n1. The first kappa shape index (κ1) is 12.0. The molecule has 1 rings (SSSR count). The van der Waals surface area contributed by atoms with Crippen LogP contribution in [0.15, 0.2) is 5.16 Å². The Morgan fingerprint density at radius 3 is 3.06 bits per heavy atom. The van der Waals surface area contributed by atoms with Crippen LogP contribution in [0, 0.1) is 0 Å². The minimum atomic E-state index is -0.802. The van der Waals surface area contributed by atoms with Crippen molar-refractivity contribution >= 4 is 34.7 Å². The third-order valence-electron chi connectivity index (χ3n) is 1.34. The van der Waals surface area contributed by atoms with Gasteiger partial charge in [0, 0.05) is 11.5 Å². The van der Waals surface area contributed by atoms with Crippen LogP contribution in [-0.2, 0) is 14.4 Å². The van der Waals surface area contributed by atoms with Crippen LogP contribution in [0.25, 0.3) is 0 Å². The number of anilines is 1. The number of nitrogens with two attached hydrogens (primary N) is 1. The predicted octanol–water partition coefficient (Wildman–Crippen LogP) is -0.668. The number of hydrogen-bond donors (Lipinski definition) is 2. The molecule has 0 unspecified atom stereocenters. The molecule has 0 bridgehead atoms. The molecule has 0 saturated heterocycles. The highest BCUT2D eigenvalue weighted by Gasteiger charge is 2.17. The highest BCUT2D eigenvalue weighted by molar-refractivity contribution is 7.10. The molecule has 0 saturated carbocycles. The Hall–Kier alpha value is -2.03. The summed E-state index contributed by atoms with van der Waals surface area (Å²) in [5.74, 6) is -0.779. The van der Waals surface area contributed by atoms with E-state index in [0.29, 0.717) is 13.0 Å². The number of nitrogens with zero attached hydrogens (tertiary/aromatic N) is 3. The average Bonchev–Trinajstić information content (AvgIpc) is 2.67. The van der Waals surface area contributed by atoms with E-state index in [1.54, 1.807) is 6.92 Å². The summed E-state index contributed by atoms with van der Waals surface area (Å²) >= 11 is 0.906. The molecule has 0 aliphatic rings. The third kappa shape index (κ3) is 2.98. The molecule has 86 valence electrons. The molecule has 1 heterocycles. The van der Waals surface area contributed by atoms with Gasteiger partial charge >= 0.3 is 0 Å². The maximum Gasteiger partial charge on any atom is 0.274 e. The summed E-state index contributed by atoms with van der Waals surface area (Å²) in [6.45, 7) is 2.00. The third-order valence-corrected chi connectivity index (χ3v) is 1.98. The standard InChI is InChI=1S/C7H9N5O3S/c1-2-15-11-4(5(8)14)6-10-7(9-3-13)16-12-6/h3H,2H2,1H3,(H2,8,14)(H,9,10,12,13)/b11-4+. The van der Waals surface area contributed by atoms with Gasteiger partial charge < -0.3 is 15.9 Å². The molecule has 2 amide bonds. The van der Waals surface area contributed by atoms with E-state index >= 15 is 0 Å². The van der Waals surface area contributed by atoms with Gasteiger partial charge in [-0.25, -0.2) is 0 Å². The first-order valence-corrected chi connectivity index (χ1v) is 5.00. The maximum atomic E-state index is 11.0. The van der Waals surface area contributed by atoms with Crippen molar-refractivity contribution in [1.29, 1.82) is 0 Å².